The van der Waals surface area contributed by atoms with Gasteiger partial charge in [0.15, 0.2) is 0 Å². The maximum Gasteiger partial charge on any atom is 0.416 e. The van der Waals surface area contributed by atoms with Crippen LogP contribution in [0.2, 0.25) is 0 Å². The summed E-state index contributed by atoms with van der Waals surface area (Å²) in [5.74, 6) is -4.13. The molecule has 0 aliphatic rings. The van der Waals surface area contributed by atoms with Gasteiger partial charge in [0.25, 0.3) is 5.92 Å². The van der Waals surface area contributed by atoms with E-state index in [2.05, 4.69) is 15.5 Å². The number of halogens is 3. The third kappa shape index (κ3) is 8.11. The molecule has 0 aliphatic heterocycles. The normalized spacial score (nSPS) is 12.5. The number of hydrogen-bond donors (Lipinski definition) is 2. The quantitative estimate of drug-likeness (QED) is 0.231. The van der Waals surface area contributed by atoms with Crippen molar-refractivity contribution in [1.29, 1.82) is 0 Å². The average Bonchev–Trinajstić information content (AvgIpc) is 3.30. The first kappa shape index (κ1) is 30.3. The summed E-state index contributed by atoms with van der Waals surface area (Å²) in [5, 5.41) is 30.7. The van der Waals surface area contributed by atoms with Crippen LogP contribution in [0.25, 0.3) is 10.6 Å². The molecular weight excluding hydrogens is 555 g/mol. The van der Waals surface area contributed by atoms with Gasteiger partial charge in [0.1, 0.15) is 10.6 Å². The number of carbonyl (C=O) groups is 2. The number of carbonyl (C=O) groups excluding carboxylic acids is 1. The predicted molar refractivity (Wildman–Crippen MR) is 140 cm³/mol. The van der Waals surface area contributed by atoms with Crippen molar-refractivity contribution in [2.75, 3.05) is 11.4 Å². The molecule has 15 heteroatoms. The van der Waals surface area contributed by atoms with E-state index in [1.54, 1.807) is 20.8 Å². The van der Waals surface area contributed by atoms with Crippen LogP contribution in [0.3, 0.4) is 0 Å². The van der Waals surface area contributed by atoms with Crippen LogP contribution < -0.4 is 10.2 Å². The second-order valence-corrected chi connectivity index (χ2v) is 10.8. The van der Waals surface area contributed by atoms with Crippen LogP contribution in [0.15, 0.2) is 42.5 Å². The zero-order valence-electron chi connectivity index (χ0n) is 21.9. The number of aromatic nitrogens is 2. The van der Waals surface area contributed by atoms with Gasteiger partial charge in [-0.3, -0.25) is 10.1 Å². The summed E-state index contributed by atoms with van der Waals surface area (Å²) in [6.07, 6.45) is -2.23. The van der Waals surface area contributed by atoms with Crippen LogP contribution in [0.4, 0.5) is 33.6 Å². The van der Waals surface area contributed by atoms with E-state index in [0.717, 1.165) is 35.3 Å². The molecule has 0 saturated heterocycles. The Labute approximate surface area is 230 Å². The molecule has 0 radical (unpaired) electrons. The fourth-order valence-electron chi connectivity index (χ4n) is 3.55. The molecule has 40 heavy (non-hydrogen) atoms. The molecule has 0 bridgehead atoms. The Bertz CT molecular complexity index is 1390. The molecule has 3 aromatic rings. The lowest BCUT2D eigenvalue weighted by Gasteiger charge is -2.28. The number of benzene rings is 2. The topological polar surface area (TPSA) is 148 Å². The van der Waals surface area contributed by atoms with Gasteiger partial charge in [0.05, 0.1) is 17.5 Å². The number of rotatable bonds is 9. The maximum atomic E-state index is 14.2. The van der Waals surface area contributed by atoms with Crippen molar-refractivity contribution in [3.63, 3.8) is 0 Å². The van der Waals surface area contributed by atoms with E-state index < -0.39 is 46.2 Å². The highest BCUT2D eigenvalue weighted by atomic mass is 32.1. The molecule has 2 aromatic carbocycles. The molecule has 3 rings (SSSR count). The number of nitrogens with zero attached hydrogens (tertiary/aromatic N) is 4. The Morgan fingerprint density at radius 1 is 1.15 bits per heavy atom. The minimum Gasteiger partial charge on any atom is -0.465 e. The zero-order valence-corrected chi connectivity index (χ0v) is 22.7. The molecule has 2 N–H and O–H groups in total. The molecule has 0 aliphatic carbocycles. The van der Waals surface area contributed by atoms with E-state index in [0.29, 0.717) is 5.56 Å². The van der Waals surface area contributed by atoms with Crippen molar-refractivity contribution in [3.8, 4) is 10.6 Å². The summed E-state index contributed by atoms with van der Waals surface area (Å²) >= 11 is 0.851. The zero-order chi connectivity index (χ0) is 29.8. The molecule has 0 fully saturated rings. The Morgan fingerprint density at radius 3 is 2.33 bits per heavy atom. The van der Waals surface area contributed by atoms with Gasteiger partial charge in [-0.25, -0.2) is 23.3 Å². The minimum atomic E-state index is -3.05. The van der Waals surface area contributed by atoms with Crippen LogP contribution in [0.5, 0.6) is 0 Å². The van der Waals surface area contributed by atoms with Crippen molar-refractivity contribution in [2.45, 2.75) is 51.7 Å². The second-order valence-electron chi connectivity index (χ2n) is 9.84. The third-order valence-corrected chi connectivity index (χ3v) is 6.32. The predicted octanol–water partition coefficient (Wildman–Crippen LogP) is 5.98. The first-order valence-corrected chi connectivity index (χ1v) is 12.6. The van der Waals surface area contributed by atoms with E-state index in [1.165, 1.54) is 30.3 Å². The van der Waals surface area contributed by atoms with E-state index >= 15 is 0 Å². The smallest absolute Gasteiger partial charge is 0.416 e. The third-order valence-electron chi connectivity index (χ3n) is 5.32. The van der Waals surface area contributed by atoms with Gasteiger partial charge in [0, 0.05) is 24.1 Å². The molecule has 0 spiro atoms. The standard InChI is InChI=1S/C25H26F3N5O6S/c1-24(2,3)39-23(36)32(21-31-30-20(40-21)15-7-10-19(33(37)38)18(26)12-15)13-17(29-22(34)35)11-14-5-8-16(9-6-14)25(4,27)28/h5-10,12,17,29H,11,13H2,1-4H3,(H,34,35)/t17-/m0/s1. The Kier molecular flexibility index (Phi) is 8.97. The van der Waals surface area contributed by atoms with Gasteiger partial charge >= 0.3 is 17.9 Å². The van der Waals surface area contributed by atoms with Crippen molar-refractivity contribution in [1.82, 2.24) is 15.5 Å². The van der Waals surface area contributed by atoms with Gasteiger partial charge in [-0.1, -0.05) is 35.6 Å². The minimum absolute atomic E-state index is 0.0128. The number of anilines is 1. The summed E-state index contributed by atoms with van der Waals surface area (Å²) in [6.45, 7) is 5.37. The van der Waals surface area contributed by atoms with Gasteiger partial charge in [0.2, 0.25) is 10.9 Å². The largest absolute Gasteiger partial charge is 0.465 e. The van der Waals surface area contributed by atoms with Crippen LogP contribution in [0, 0.1) is 15.9 Å². The first-order valence-electron chi connectivity index (χ1n) is 11.8. The lowest BCUT2D eigenvalue weighted by molar-refractivity contribution is -0.387. The SMILES string of the molecule is CC(C)(C)OC(=O)N(C[C@H](Cc1ccc(C(C)(F)F)cc1)NC(=O)O)c1nnc(-c2ccc([N+](=O)[O-])c(F)c2)s1. The monoisotopic (exact) mass is 581 g/mol. The Morgan fingerprint density at radius 2 is 1.80 bits per heavy atom. The molecule has 11 nitrogen and oxygen atoms in total. The fraction of sp³-hybridized carbons (Fsp3) is 0.360. The number of nitrogens with one attached hydrogen (secondary N) is 1. The molecule has 214 valence electrons. The van der Waals surface area contributed by atoms with E-state index in [9.17, 15) is 38.0 Å². The lowest BCUT2D eigenvalue weighted by Crippen LogP contribution is -2.48. The first-order chi connectivity index (χ1) is 18.5. The van der Waals surface area contributed by atoms with Crippen molar-refractivity contribution in [3.05, 3.63) is 69.5 Å². The molecule has 1 atom stereocenters. The number of ether oxygens (including phenoxy) is 1. The Hall–Kier alpha value is -4.27. The van der Waals surface area contributed by atoms with Crippen LogP contribution in [-0.4, -0.2) is 50.6 Å². The molecule has 0 unspecified atom stereocenters. The Balaban J connectivity index is 1.93. The van der Waals surface area contributed by atoms with Gasteiger partial charge in [-0.15, -0.1) is 10.2 Å². The summed E-state index contributed by atoms with van der Waals surface area (Å²) in [7, 11) is 0. The van der Waals surface area contributed by atoms with Crippen LogP contribution in [-0.2, 0) is 17.1 Å². The van der Waals surface area contributed by atoms with E-state index in [-0.39, 0.29) is 34.2 Å². The number of nitro benzene ring substituents is 1. The average molecular weight is 582 g/mol. The molecule has 0 saturated carbocycles. The lowest BCUT2D eigenvalue weighted by atomic mass is 10.0. The van der Waals surface area contributed by atoms with Gasteiger partial charge in [-0.05, 0) is 44.9 Å². The number of hydrogen-bond acceptors (Lipinski definition) is 8. The van der Waals surface area contributed by atoms with Crippen molar-refractivity contribution in [2.24, 2.45) is 0 Å². The fourth-order valence-corrected chi connectivity index (χ4v) is 4.39. The number of alkyl halides is 2. The molecule has 1 aromatic heterocycles. The van der Waals surface area contributed by atoms with Crippen LogP contribution in [0.1, 0.15) is 38.8 Å². The molecule has 2 amide bonds. The summed E-state index contributed by atoms with van der Waals surface area (Å²) in [4.78, 5) is 35.8. The highest BCUT2D eigenvalue weighted by Crippen LogP contribution is 2.32. The van der Waals surface area contributed by atoms with E-state index in [4.69, 9.17) is 4.74 Å². The number of carboxylic acid groups (broad SMARTS) is 1. The van der Waals surface area contributed by atoms with E-state index in [1.807, 2.05) is 0 Å². The van der Waals surface area contributed by atoms with Gasteiger partial charge < -0.3 is 15.2 Å². The summed E-state index contributed by atoms with van der Waals surface area (Å²) < 4.78 is 46.8. The maximum absolute atomic E-state index is 14.2. The second kappa shape index (κ2) is 11.9. The summed E-state index contributed by atoms with van der Waals surface area (Å²) in [5.41, 5.74) is -1.17. The molecular formula is C25H26F3N5O6S. The van der Waals surface area contributed by atoms with Gasteiger partial charge in [-0.2, -0.15) is 4.39 Å². The number of nitro groups is 1. The highest BCUT2D eigenvalue weighted by Gasteiger charge is 2.30. The van der Waals surface area contributed by atoms with Crippen molar-refractivity contribution < 1.29 is 37.5 Å². The highest BCUT2D eigenvalue weighted by molar-refractivity contribution is 7.18. The van der Waals surface area contributed by atoms with Crippen LogP contribution >= 0.6 is 11.3 Å². The number of amides is 2. The summed E-state index contributed by atoms with van der Waals surface area (Å²) in [6, 6.07) is 7.59. The van der Waals surface area contributed by atoms with Crippen molar-refractivity contribution >= 4 is 34.3 Å². The molecule has 1 heterocycles.